The van der Waals surface area contributed by atoms with E-state index in [2.05, 4.69) is 0 Å². The Kier molecular flexibility index (Phi) is 3.69. The highest BCUT2D eigenvalue weighted by Gasteiger charge is 2.52. The molecule has 0 aromatic heterocycles. The summed E-state index contributed by atoms with van der Waals surface area (Å²) in [7, 11) is -3.21. The van der Waals surface area contributed by atoms with Crippen LogP contribution in [0.1, 0.15) is 20.8 Å². The summed E-state index contributed by atoms with van der Waals surface area (Å²) in [5.41, 5.74) is -0.472. The first kappa shape index (κ1) is 13.9. The maximum Gasteiger partial charge on any atom is 0.187 e. The van der Waals surface area contributed by atoms with Gasteiger partial charge in [0.2, 0.25) is 0 Å². The number of aliphatic hydroxyl groups excluding tert-OH is 1. The van der Waals surface area contributed by atoms with Gasteiger partial charge in [-0.25, -0.2) is 8.42 Å². The molecule has 0 radical (unpaired) electrons. The summed E-state index contributed by atoms with van der Waals surface area (Å²) >= 11 is 0. The Balaban J connectivity index is 2.97. The lowest BCUT2D eigenvalue weighted by atomic mass is 9.86. The van der Waals surface area contributed by atoms with Crippen molar-refractivity contribution in [1.82, 2.24) is 0 Å². The molecule has 1 aliphatic heterocycles. The molecule has 0 spiro atoms. The Labute approximate surface area is 96.7 Å². The van der Waals surface area contributed by atoms with Gasteiger partial charge < -0.3 is 14.6 Å². The topological polar surface area (TPSA) is 72.8 Å². The number of hydrogen-bond acceptors (Lipinski definition) is 5. The van der Waals surface area contributed by atoms with Gasteiger partial charge in [0.15, 0.2) is 15.6 Å². The van der Waals surface area contributed by atoms with Crippen LogP contribution in [0.15, 0.2) is 0 Å². The highest BCUT2D eigenvalue weighted by atomic mass is 32.2. The van der Waals surface area contributed by atoms with Crippen molar-refractivity contribution in [3.63, 3.8) is 0 Å². The standard InChI is InChI=1S/C10H20O5S/c1-9(2,3)10(7-16(4,12)13)14-6-8(5-11)15-10/h8,11H,5-7H2,1-4H3/t8-,10+/m1/s1. The van der Waals surface area contributed by atoms with Crippen molar-refractivity contribution in [1.29, 1.82) is 0 Å². The Morgan fingerprint density at radius 3 is 2.31 bits per heavy atom. The smallest absolute Gasteiger partial charge is 0.187 e. The van der Waals surface area contributed by atoms with Crippen LogP contribution in [0, 0.1) is 5.41 Å². The summed E-state index contributed by atoms with van der Waals surface area (Å²) in [6.45, 7) is 5.64. The number of sulfone groups is 1. The summed E-state index contributed by atoms with van der Waals surface area (Å²) in [5, 5.41) is 9.01. The number of aliphatic hydroxyl groups is 1. The molecule has 0 unspecified atom stereocenters. The highest BCUT2D eigenvalue weighted by Crippen LogP contribution is 2.40. The van der Waals surface area contributed by atoms with Crippen molar-refractivity contribution in [2.45, 2.75) is 32.7 Å². The van der Waals surface area contributed by atoms with Crippen LogP contribution in [0.3, 0.4) is 0 Å². The molecule has 0 aromatic carbocycles. The fourth-order valence-electron chi connectivity index (χ4n) is 1.69. The van der Waals surface area contributed by atoms with Crippen LogP contribution in [0.25, 0.3) is 0 Å². The summed E-state index contributed by atoms with van der Waals surface area (Å²) in [6, 6.07) is 0. The van der Waals surface area contributed by atoms with Gasteiger partial charge >= 0.3 is 0 Å². The van der Waals surface area contributed by atoms with Crippen molar-refractivity contribution in [2.24, 2.45) is 5.41 Å². The van der Waals surface area contributed by atoms with Crippen LogP contribution in [0.2, 0.25) is 0 Å². The number of rotatable bonds is 3. The Hall–Kier alpha value is -0.170. The summed E-state index contributed by atoms with van der Waals surface area (Å²) < 4.78 is 33.9. The highest BCUT2D eigenvalue weighted by molar-refractivity contribution is 7.90. The molecule has 96 valence electrons. The first-order valence-corrected chi connectivity index (χ1v) is 7.26. The molecule has 0 bridgehead atoms. The second kappa shape index (κ2) is 4.25. The second-order valence-electron chi connectivity index (χ2n) is 5.31. The van der Waals surface area contributed by atoms with Gasteiger partial charge in [-0.05, 0) is 0 Å². The van der Waals surface area contributed by atoms with Crippen LogP contribution >= 0.6 is 0 Å². The van der Waals surface area contributed by atoms with E-state index >= 15 is 0 Å². The lowest BCUT2D eigenvalue weighted by Crippen LogP contribution is -2.50. The molecule has 16 heavy (non-hydrogen) atoms. The van der Waals surface area contributed by atoms with E-state index < -0.39 is 27.1 Å². The van der Waals surface area contributed by atoms with E-state index in [0.29, 0.717) is 0 Å². The molecule has 6 heteroatoms. The predicted molar refractivity (Wildman–Crippen MR) is 59.8 cm³/mol. The quantitative estimate of drug-likeness (QED) is 0.775. The molecule has 0 aromatic rings. The largest absolute Gasteiger partial charge is 0.394 e. The molecule has 0 aliphatic carbocycles. The molecule has 1 saturated heterocycles. The first-order valence-electron chi connectivity index (χ1n) is 5.20. The van der Waals surface area contributed by atoms with Gasteiger partial charge in [0.25, 0.3) is 0 Å². The van der Waals surface area contributed by atoms with Crippen LogP contribution < -0.4 is 0 Å². The lowest BCUT2D eigenvalue weighted by Gasteiger charge is -2.39. The van der Waals surface area contributed by atoms with Crippen molar-refractivity contribution >= 4 is 9.84 Å². The molecule has 1 aliphatic rings. The van der Waals surface area contributed by atoms with E-state index in [0.717, 1.165) is 6.26 Å². The number of hydrogen-bond donors (Lipinski definition) is 1. The van der Waals surface area contributed by atoms with Gasteiger partial charge in [-0.1, -0.05) is 20.8 Å². The SMILES string of the molecule is CC(C)(C)[C@@]1(CS(C)(=O)=O)OC[C@@H](CO)O1. The van der Waals surface area contributed by atoms with Crippen LogP contribution in [0.4, 0.5) is 0 Å². The minimum Gasteiger partial charge on any atom is -0.394 e. The normalized spacial score (nSPS) is 31.9. The summed E-state index contributed by atoms with van der Waals surface area (Å²) in [4.78, 5) is 0. The molecule has 1 rings (SSSR count). The molecular formula is C10H20O5S. The summed E-state index contributed by atoms with van der Waals surface area (Å²) in [5.74, 6) is -1.35. The zero-order valence-electron chi connectivity index (χ0n) is 10.2. The molecule has 1 N–H and O–H groups in total. The molecular weight excluding hydrogens is 232 g/mol. The molecule has 1 heterocycles. The van der Waals surface area contributed by atoms with Crippen LogP contribution in [0.5, 0.6) is 0 Å². The van der Waals surface area contributed by atoms with Gasteiger partial charge in [0.1, 0.15) is 11.9 Å². The van der Waals surface area contributed by atoms with E-state index in [1.807, 2.05) is 20.8 Å². The maximum atomic E-state index is 11.4. The Bertz CT molecular complexity index is 343. The minimum atomic E-state index is -3.21. The monoisotopic (exact) mass is 252 g/mol. The first-order chi connectivity index (χ1) is 7.10. The van der Waals surface area contributed by atoms with Crippen LogP contribution in [-0.4, -0.2) is 50.6 Å². The van der Waals surface area contributed by atoms with Crippen molar-refractivity contribution in [3.8, 4) is 0 Å². The van der Waals surface area contributed by atoms with E-state index in [9.17, 15) is 8.42 Å². The van der Waals surface area contributed by atoms with Gasteiger partial charge in [-0.15, -0.1) is 0 Å². The lowest BCUT2D eigenvalue weighted by molar-refractivity contribution is -0.216. The molecule has 1 fully saturated rings. The molecule has 5 nitrogen and oxygen atoms in total. The van der Waals surface area contributed by atoms with E-state index in [-0.39, 0.29) is 19.0 Å². The van der Waals surface area contributed by atoms with Gasteiger partial charge in [0.05, 0.1) is 13.2 Å². The van der Waals surface area contributed by atoms with E-state index in [1.54, 1.807) is 0 Å². The fourth-order valence-corrected chi connectivity index (χ4v) is 2.96. The van der Waals surface area contributed by atoms with Gasteiger partial charge in [0, 0.05) is 11.7 Å². The van der Waals surface area contributed by atoms with E-state index in [4.69, 9.17) is 14.6 Å². The third-order valence-electron chi connectivity index (χ3n) is 2.66. The summed E-state index contributed by atoms with van der Waals surface area (Å²) in [6.07, 6.45) is 0.709. The molecule has 0 saturated carbocycles. The predicted octanol–water partition coefficient (Wildman–Crippen LogP) is 0.181. The van der Waals surface area contributed by atoms with Crippen molar-refractivity contribution in [3.05, 3.63) is 0 Å². The zero-order valence-corrected chi connectivity index (χ0v) is 11.0. The second-order valence-corrected chi connectivity index (χ2v) is 7.45. The minimum absolute atomic E-state index is 0.165. The Morgan fingerprint density at radius 2 is 2.00 bits per heavy atom. The zero-order chi connectivity index (χ0) is 12.6. The average Bonchev–Trinajstić information content (AvgIpc) is 2.45. The van der Waals surface area contributed by atoms with Crippen molar-refractivity contribution in [2.75, 3.05) is 25.2 Å². The van der Waals surface area contributed by atoms with Crippen molar-refractivity contribution < 1.29 is 23.0 Å². The number of ether oxygens (including phenoxy) is 2. The third-order valence-corrected chi connectivity index (χ3v) is 3.56. The molecule has 2 atom stereocenters. The maximum absolute atomic E-state index is 11.4. The molecule has 0 amide bonds. The van der Waals surface area contributed by atoms with E-state index in [1.165, 1.54) is 0 Å². The third kappa shape index (κ3) is 2.94. The van der Waals surface area contributed by atoms with Crippen LogP contribution in [-0.2, 0) is 19.3 Å². The van der Waals surface area contributed by atoms with Gasteiger partial charge in [-0.3, -0.25) is 0 Å². The average molecular weight is 252 g/mol. The fraction of sp³-hybridized carbons (Fsp3) is 1.00. The van der Waals surface area contributed by atoms with Gasteiger partial charge in [-0.2, -0.15) is 0 Å². The Morgan fingerprint density at radius 1 is 1.44 bits per heavy atom.